The molecule has 0 heterocycles. The van der Waals surface area contributed by atoms with E-state index in [-0.39, 0.29) is 11.7 Å². The summed E-state index contributed by atoms with van der Waals surface area (Å²) in [7, 11) is 0. The van der Waals surface area contributed by atoms with Crippen LogP contribution in [0.5, 0.6) is 5.75 Å². The van der Waals surface area contributed by atoms with Crippen molar-refractivity contribution in [3.63, 3.8) is 0 Å². The second kappa shape index (κ2) is 6.84. The van der Waals surface area contributed by atoms with Gasteiger partial charge in [-0.15, -0.1) is 0 Å². The number of carbonyl (C=O) groups excluding carboxylic acids is 1. The van der Waals surface area contributed by atoms with Gasteiger partial charge in [-0.05, 0) is 46.8 Å². The molecule has 0 fully saturated rings. The Bertz CT molecular complexity index is 1150. The summed E-state index contributed by atoms with van der Waals surface area (Å²) < 4.78 is 0. The molecule has 27 heavy (non-hydrogen) atoms. The number of amides is 1. The molecular formula is C23H18N2O2. The lowest BCUT2D eigenvalue weighted by atomic mass is 9.98. The van der Waals surface area contributed by atoms with Gasteiger partial charge < -0.3 is 16.2 Å². The number of phenolic OH excluding ortho intramolecular Hbond substituents is 1. The van der Waals surface area contributed by atoms with E-state index in [0.717, 1.165) is 16.5 Å². The quantitative estimate of drug-likeness (QED) is 0.451. The zero-order chi connectivity index (χ0) is 18.8. The minimum atomic E-state index is -0.247. The maximum absolute atomic E-state index is 13.0. The van der Waals surface area contributed by atoms with Crippen molar-refractivity contribution in [3.05, 3.63) is 90.5 Å². The Morgan fingerprint density at radius 1 is 0.852 bits per heavy atom. The molecule has 0 aliphatic heterocycles. The highest BCUT2D eigenvalue weighted by Gasteiger charge is 2.15. The maximum atomic E-state index is 13.0. The first-order valence-corrected chi connectivity index (χ1v) is 8.60. The van der Waals surface area contributed by atoms with Crippen LogP contribution >= 0.6 is 0 Å². The molecule has 4 nitrogen and oxygen atoms in total. The topological polar surface area (TPSA) is 75.4 Å². The Labute approximate surface area is 156 Å². The summed E-state index contributed by atoms with van der Waals surface area (Å²) in [5, 5.41) is 14.6. The summed E-state index contributed by atoms with van der Waals surface area (Å²) in [6, 6.07) is 25.6. The van der Waals surface area contributed by atoms with Gasteiger partial charge in [0.15, 0.2) is 0 Å². The van der Waals surface area contributed by atoms with Gasteiger partial charge in [-0.1, -0.05) is 54.6 Å². The van der Waals surface area contributed by atoms with Crippen LogP contribution in [0.3, 0.4) is 0 Å². The molecule has 0 unspecified atom stereocenters. The van der Waals surface area contributed by atoms with Gasteiger partial charge in [0, 0.05) is 16.6 Å². The monoisotopic (exact) mass is 354 g/mol. The second-order valence-corrected chi connectivity index (χ2v) is 6.31. The number of carbonyl (C=O) groups is 1. The molecule has 4 aromatic carbocycles. The van der Waals surface area contributed by atoms with Gasteiger partial charge in [0.2, 0.25) is 0 Å². The molecule has 0 saturated carbocycles. The molecule has 132 valence electrons. The fourth-order valence-corrected chi connectivity index (χ4v) is 3.25. The van der Waals surface area contributed by atoms with E-state index in [1.807, 2.05) is 60.7 Å². The highest BCUT2D eigenvalue weighted by Crippen LogP contribution is 2.32. The van der Waals surface area contributed by atoms with Gasteiger partial charge in [-0.2, -0.15) is 0 Å². The van der Waals surface area contributed by atoms with Crippen LogP contribution in [0.2, 0.25) is 0 Å². The summed E-state index contributed by atoms with van der Waals surface area (Å²) in [5.74, 6) is -0.115. The van der Waals surface area contributed by atoms with Gasteiger partial charge in [0.25, 0.3) is 5.91 Å². The third-order valence-electron chi connectivity index (χ3n) is 4.50. The molecule has 4 rings (SSSR count). The summed E-state index contributed by atoms with van der Waals surface area (Å²) in [6.45, 7) is 0. The van der Waals surface area contributed by atoms with Crippen LogP contribution in [-0.2, 0) is 0 Å². The summed E-state index contributed by atoms with van der Waals surface area (Å²) >= 11 is 0. The van der Waals surface area contributed by atoms with Crippen molar-refractivity contribution in [2.24, 2.45) is 0 Å². The number of hydrogen-bond acceptors (Lipinski definition) is 3. The fourth-order valence-electron chi connectivity index (χ4n) is 3.25. The SMILES string of the molecule is Nc1cccc(-c2ccccc2C(=O)Nc2cccc3cccc(O)c23)c1. The lowest BCUT2D eigenvalue weighted by Crippen LogP contribution is -2.13. The van der Waals surface area contributed by atoms with Crippen molar-refractivity contribution in [1.29, 1.82) is 0 Å². The van der Waals surface area contributed by atoms with Gasteiger partial charge in [0.1, 0.15) is 5.75 Å². The van der Waals surface area contributed by atoms with Crippen LogP contribution in [0.15, 0.2) is 84.9 Å². The van der Waals surface area contributed by atoms with E-state index in [0.29, 0.717) is 22.3 Å². The normalized spacial score (nSPS) is 10.7. The average Bonchev–Trinajstić information content (AvgIpc) is 2.68. The van der Waals surface area contributed by atoms with E-state index >= 15 is 0 Å². The van der Waals surface area contributed by atoms with Crippen molar-refractivity contribution in [1.82, 2.24) is 0 Å². The number of nitrogen functional groups attached to an aromatic ring is 1. The predicted octanol–water partition coefficient (Wildman–Crippen LogP) is 5.05. The van der Waals surface area contributed by atoms with E-state index in [2.05, 4.69) is 5.32 Å². The van der Waals surface area contributed by atoms with Gasteiger partial charge in [-0.25, -0.2) is 0 Å². The molecular weight excluding hydrogens is 336 g/mol. The van der Waals surface area contributed by atoms with E-state index in [1.165, 1.54) is 0 Å². The summed E-state index contributed by atoms with van der Waals surface area (Å²) in [5.41, 5.74) is 9.32. The minimum Gasteiger partial charge on any atom is -0.507 e. The highest BCUT2D eigenvalue weighted by atomic mass is 16.3. The van der Waals surface area contributed by atoms with Crippen molar-refractivity contribution >= 4 is 28.1 Å². The summed E-state index contributed by atoms with van der Waals surface area (Å²) in [4.78, 5) is 13.0. The number of nitrogens with two attached hydrogens (primary N) is 1. The standard InChI is InChI=1S/C23H18N2O2/c24-17-9-3-8-16(14-17)18-10-1-2-11-19(18)23(27)25-20-12-4-6-15-7-5-13-21(26)22(15)20/h1-14,26H,24H2,(H,25,27). The van der Waals surface area contributed by atoms with Gasteiger partial charge >= 0.3 is 0 Å². The van der Waals surface area contributed by atoms with Crippen LogP contribution in [0.1, 0.15) is 10.4 Å². The van der Waals surface area contributed by atoms with E-state index in [1.54, 1.807) is 24.3 Å². The molecule has 1 amide bonds. The van der Waals surface area contributed by atoms with Crippen molar-refractivity contribution in [3.8, 4) is 16.9 Å². The lowest BCUT2D eigenvalue weighted by molar-refractivity contribution is 0.102. The van der Waals surface area contributed by atoms with E-state index in [9.17, 15) is 9.90 Å². The minimum absolute atomic E-state index is 0.132. The molecule has 0 aliphatic carbocycles. The zero-order valence-electron chi connectivity index (χ0n) is 14.5. The number of phenols is 1. The molecule has 0 aromatic heterocycles. The van der Waals surface area contributed by atoms with Crippen molar-refractivity contribution in [2.75, 3.05) is 11.1 Å². The van der Waals surface area contributed by atoms with Crippen molar-refractivity contribution < 1.29 is 9.90 Å². The number of benzene rings is 4. The van der Waals surface area contributed by atoms with Crippen molar-refractivity contribution in [2.45, 2.75) is 0 Å². The Morgan fingerprint density at radius 2 is 1.59 bits per heavy atom. The van der Waals surface area contributed by atoms with Crippen LogP contribution in [0.25, 0.3) is 21.9 Å². The number of hydrogen-bond donors (Lipinski definition) is 3. The van der Waals surface area contributed by atoms with Crippen LogP contribution < -0.4 is 11.1 Å². The first-order valence-electron chi connectivity index (χ1n) is 8.60. The third-order valence-corrected chi connectivity index (χ3v) is 4.50. The molecule has 0 radical (unpaired) electrons. The van der Waals surface area contributed by atoms with E-state index < -0.39 is 0 Å². The summed E-state index contributed by atoms with van der Waals surface area (Å²) in [6.07, 6.45) is 0. The Hall–Kier alpha value is -3.79. The molecule has 0 bridgehead atoms. The Morgan fingerprint density at radius 3 is 2.41 bits per heavy atom. The molecule has 4 N–H and O–H groups in total. The number of fused-ring (bicyclic) bond motifs is 1. The molecule has 0 saturated heterocycles. The van der Waals surface area contributed by atoms with E-state index in [4.69, 9.17) is 5.73 Å². The average molecular weight is 354 g/mol. The smallest absolute Gasteiger partial charge is 0.256 e. The largest absolute Gasteiger partial charge is 0.507 e. The Balaban J connectivity index is 1.76. The first-order chi connectivity index (χ1) is 13.1. The highest BCUT2D eigenvalue weighted by molar-refractivity contribution is 6.13. The van der Waals surface area contributed by atoms with Gasteiger partial charge in [-0.3, -0.25) is 4.79 Å². The predicted molar refractivity (Wildman–Crippen MR) is 110 cm³/mol. The number of rotatable bonds is 3. The molecule has 4 heteroatoms. The molecule has 0 aliphatic rings. The molecule has 0 spiro atoms. The van der Waals surface area contributed by atoms with Gasteiger partial charge in [0.05, 0.1) is 5.69 Å². The zero-order valence-corrected chi connectivity index (χ0v) is 14.5. The van der Waals surface area contributed by atoms with Crippen LogP contribution in [-0.4, -0.2) is 11.0 Å². The third kappa shape index (κ3) is 3.20. The fraction of sp³-hybridized carbons (Fsp3) is 0. The second-order valence-electron chi connectivity index (χ2n) is 6.31. The van der Waals surface area contributed by atoms with Crippen LogP contribution in [0.4, 0.5) is 11.4 Å². The molecule has 4 aromatic rings. The number of aromatic hydroxyl groups is 1. The first kappa shape index (κ1) is 16.7. The maximum Gasteiger partial charge on any atom is 0.256 e. The molecule has 0 atom stereocenters. The number of nitrogens with one attached hydrogen (secondary N) is 1. The lowest BCUT2D eigenvalue weighted by Gasteiger charge is -2.13. The Kier molecular flexibility index (Phi) is 4.22. The van der Waals surface area contributed by atoms with Crippen LogP contribution in [0, 0.1) is 0 Å². The number of anilines is 2.